The maximum Gasteiger partial charge on any atom is 0.0929 e. The zero-order valence-corrected chi connectivity index (χ0v) is 9.95. The third-order valence-electron chi connectivity index (χ3n) is 2.91. The minimum absolute atomic E-state index is 0.835. The maximum absolute atomic E-state index is 4.27. The van der Waals surface area contributed by atoms with Crippen LogP contribution in [0.25, 0.3) is 11.3 Å². The number of allylic oxidation sites excluding steroid dienone is 1. The average Bonchev–Trinajstić information content (AvgIpc) is 2.94. The summed E-state index contributed by atoms with van der Waals surface area (Å²) in [6.07, 6.45) is 5.60. The minimum Gasteiger partial charge on any atom is -0.269 e. The van der Waals surface area contributed by atoms with Crippen LogP contribution >= 0.6 is 0 Å². The van der Waals surface area contributed by atoms with Crippen molar-refractivity contribution in [3.8, 4) is 11.3 Å². The third kappa shape index (κ3) is 2.35. The van der Waals surface area contributed by atoms with Crippen LogP contribution in [0.2, 0.25) is 0 Å². The Morgan fingerprint density at radius 1 is 0.944 bits per heavy atom. The maximum atomic E-state index is 4.27. The molecule has 0 bridgehead atoms. The second kappa shape index (κ2) is 4.92. The van der Waals surface area contributed by atoms with Crippen LogP contribution in [-0.4, -0.2) is 16.4 Å². The highest BCUT2D eigenvalue weighted by molar-refractivity contribution is 5.65. The monoisotopic (exact) mass is 235 g/mol. The Kier molecular flexibility index (Phi) is 2.96. The van der Waals surface area contributed by atoms with Gasteiger partial charge in [0.2, 0.25) is 0 Å². The molecule has 18 heavy (non-hydrogen) atoms. The first-order valence-corrected chi connectivity index (χ1v) is 5.99. The largest absolute Gasteiger partial charge is 0.269 e. The molecule has 0 saturated carbocycles. The number of benzene rings is 1. The molecule has 3 rings (SSSR count). The summed E-state index contributed by atoms with van der Waals surface area (Å²) in [5.41, 5.74) is 4.29. The van der Waals surface area contributed by atoms with Gasteiger partial charge in [-0.2, -0.15) is 10.2 Å². The van der Waals surface area contributed by atoms with E-state index in [1.807, 2.05) is 54.9 Å². The highest BCUT2D eigenvalue weighted by atomic mass is 15.1. The molecule has 0 saturated heterocycles. The molecule has 1 aromatic carbocycles. The van der Waals surface area contributed by atoms with Crippen LogP contribution in [0.4, 0.5) is 0 Å². The average molecular weight is 235 g/mol. The molecule has 0 spiro atoms. The number of aliphatic imine (C=N–C) groups is 1. The smallest absolute Gasteiger partial charge is 0.0929 e. The topological polar surface area (TPSA) is 38.1 Å². The summed E-state index contributed by atoms with van der Waals surface area (Å²) in [4.78, 5) is 4.09. The van der Waals surface area contributed by atoms with Crippen molar-refractivity contribution in [2.75, 3.05) is 0 Å². The van der Waals surface area contributed by atoms with Crippen molar-refractivity contribution in [3.63, 3.8) is 0 Å². The summed E-state index contributed by atoms with van der Waals surface area (Å²) in [6, 6.07) is 14.1. The fourth-order valence-corrected chi connectivity index (χ4v) is 1.95. The molecular weight excluding hydrogens is 222 g/mol. The molecule has 1 aliphatic rings. The second-order valence-corrected chi connectivity index (χ2v) is 4.28. The Labute approximate surface area is 106 Å². The van der Waals surface area contributed by atoms with Crippen molar-refractivity contribution in [2.45, 2.75) is 12.8 Å². The van der Waals surface area contributed by atoms with Crippen LogP contribution < -0.4 is 0 Å². The normalized spacial score (nSPS) is 13.7. The zero-order valence-electron chi connectivity index (χ0n) is 9.95. The number of hydrogen-bond acceptors (Lipinski definition) is 3. The van der Waals surface area contributed by atoms with Crippen molar-refractivity contribution in [2.24, 2.45) is 4.99 Å². The van der Waals surface area contributed by atoms with Crippen molar-refractivity contribution >= 4 is 6.21 Å². The molecule has 3 nitrogen and oxygen atoms in total. The van der Waals surface area contributed by atoms with Gasteiger partial charge >= 0.3 is 0 Å². The van der Waals surface area contributed by atoms with Crippen LogP contribution in [0, 0.1) is 0 Å². The predicted molar refractivity (Wildman–Crippen MR) is 72.4 cm³/mol. The van der Waals surface area contributed by atoms with Gasteiger partial charge in [-0.05, 0) is 17.7 Å². The third-order valence-corrected chi connectivity index (χ3v) is 2.91. The van der Waals surface area contributed by atoms with E-state index in [9.17, 15) is 0 Å². The van der Waals surface area contributed by atoms with Gasteiger partial charge in [0.05, 0.1) is 11.4 Å². The molecule has 0 atom stereocenters. The van der Waals surface area contributed by atoms with Gasteiger partial charge in [0.1, 0.15) is 0 Å². The molecule has 0 radical (unpaired) electrons. The Bertz CT molecular complexity index is 583. The first-order valence-electron chi connectivity index (χ1n) is 5.99. The van der Waals surface area contributed by atoms with Crippen LogP contribution in [-0.2, 0) is 6.42 Å². The van der Waals surface area contributed by atoms with E-state index in [4.69, 9.17) is 0 Å². The molecule has 88 valence electrons. The Hall–Kier alpha value is -2.29. The van der Waals surface area contributed by atoms with Crippen LogP contribution in [0.1, 0.15) is 12.1 Å². The van der Waals surface area contributed by atoms with E-state index < -0.39 is 0 Å². The molecule has 0 N–H and O–H groups in total. The fraction of sp³-hybridized carbons (Fsp3) is 0.133. The van der Waals surface area contributed by atoms with Crippen molar-refractivity contribution in [1.82, 2.24) is 10.2 Å². The minimum atomic E-state index is 0.835. The van der Waals surface area contributed by atoms with Crippen molar-refractivity contribution in [1.29, 1.82) is 0 Å². The predicted octanol–water partition coefficient (Wildman–Crippen LogP) is 3.04. The van der Waals surface area contributed by atoms with Gasteiger partial charge in [-0.15, -0.1) is 0 Å². The summed E-state index contributed by atoms with van der Waals surface area (Å²) in [7, 11) is 0. The molecular formula is C15H13N3. The summed E-state index contributed by atoms with van der Waals surface area (Å²) < 4.78 is 0. The lowest BCUT2D eigenvalue weighted by atomic mass is 10.1. The molecule has 1 aromatic heterocycles. The summed E-state index contributed by atoms with van der Waals surface area (Å²) in [5.74, 6) is 0. The van der Waals surface area contributed by atoms with E-state index in [0.29, 0.717) is 0 Å². The van der Waals surface area contributed by atoms with Gasteiger partial charge in [0.15, 0.2) is 0 Å². The number of rotatable bonds is 3. The zero-order chi connectivity index (χ0) is 12.2. The molecule has 0 amide bonds. The van der Waals surface area contributed by atoms with E-state index in [2.05, 4.69) is 15.2 Å². The lowest BCUT2D eigenvalue weighted by Gasteiger charge is -2.02. The number of nitrogens with zero attached hydrogens (tertiary/aromatic N) is 3. The number of hydrogen-bond donors (Lipinski definition) is 0. The van der Waals surface area contributed by atoms with Gasteiger partial charge in [-0.1, -0.05) is 30.3 Å². The molecule has 0 aliphatic carbocycles. The van der Waals surface area contributed by atoms with E-state index in [0.717, 1.165) is 29.8 Å². The molecule has 0 fully saturated rings. The molecule has 2 heterocycles. The Morgan fingerprint density at radius 3 is 2.50 bits per heavy atom. The van der Waals surface area contributed by atoms with Gasteiger partial charge in [-0.25, -0.2) is 0 Å². The first-order chi connectivity index (χ1) is 8.92. The summed E-state index contributed by atoms with van der Waals surface area (Å²) in [5, 5.41) is 8.55. The van der Waals surface area contributed by atoms with E-state index in [1.165, 1.54) is 5.57 Å². The van der Waals surface area contributed by atoms with Crippen LogP contribution in [0.15, 0.2) is 59.2 Å². The van der Waals surface area contributed by atoms with Crippen LogP contribution in [0.5, 0.6) is 0 Å². The first kappa shape index (κ1) is 10.8. The highest BCUT2D eigenvalue weighted by Gasteiger charge is 2.05. The van der Waals surface area contributed by atoms with Gasteiger partial charge < -0.3 is 0 Å². The number of aromatic nitrogens is 2. The van der Waals surface area contributed by atoms with E-state index >= 15 is 0 Å². The molecule has 1 aliphatic heterocycles. The standard InChI is InChI=1S/C15H13N3/c1-2-4-13(5-3-1)15-7-6-14(17-18-15)10-12-8-9-16-11-12/h1-7,9,11H,8,10H2. The summed E-state index contributed by atoms with van der Waals surface area (Å²) in [6.45, 7) is 0. The molecule has 0 unspecified atom stereocenters. The lowest BCUT2D eigenvalue weighted by Crippen LogP contribution is -1.96. The lowest BCUT2D eigenvalue weighted by molar-refractivity contribution is 0.927. The quantitative estimate of drug-likeness (QED) is 0.820. The van der Waals surface area contributed by atoms with E-state index in [-0.39, 0.29) is 0 Å². The van der Waals surface area contributed by atoms with Crippen molar-refractivity contribution < 1.29 is 0 Å². The van der Waals surface area contributed by atoms with Gasteiger partial charge in [0.25, 0.3) is 0 Å². The Morgan fingerprint density at radius 2 is 1.83 bits per heavy atom. The molecule has 2 aromatic rings. The fourth-order valence-electron chi connectivity index (χ4n) is 1.95. The van der Waals surface area contributed by atoms with Gasteiger partial charge in [0, 0.05) is 30.8 Å². The second-order valence-electron chi connectivity index (χ2n) is 4.28. The van der Waals surface area contributed by atoms with Crippen molar-refractivity contribution in [3.05, 3.63) is 59.9 Å². The molecule has 3 heteroatoms. The van der Waals surface area contributed by atoms with E-state index in [1.54, 1.807) is 0 Å². The highest BCUT2D eigenvalue weighted by Crippen LogP contribution is 2.17. The van der Waals surface area contributed by atoms with Gasteiger partial charge in [-0.3, -0.25) is 4.99 Å². The summed E-state index contributed by atoms with van der Waals surface area (Å²) >= 11 is 0. The SMILES string of the molecule is C1=NC=C(Cc2ccc(-c3ccccc3)nn2)C1. The Balaban J connectivity index is 1.77. The van der Waals surface area contributed by atoms with Crippen LogP contribution in [0.3, 0.4) is 0 Å².